The zero-order chi connectivity index (χ0) is 105. The summed E-state index contributed by atoms with van der Waals surface area (Å²) in [7, 11) is 0. The van der Waals surface area contributed by atoms with Crippen molar-refractivity contribution in [3.05, 3.63) is 0 Å². The van der Waals surface area contributed by atoms with Crippen molar-refractivity contribution in [3.63, 3.8) is 0 Å². The molecule has 8 fully saturated rings. The molecule has 0 radical (unpaired) electrons. The molecule has 0 aromatic carbocycles. The molecule has 3 atom stereocenters. The Balaban J connectivity index is -0.000000318. The lowest BCUT2D eigenvalue weighted by atomic mass is 9.72. The molecule has 129 heavy (non-hydrogen) atoms. The van der Waals surface area contributed by atoms with Gasteiger partial charge in [-0.2, -0.15) is 123 Å². The van der Waals surface area contributed by atoms with Crippen LogP contribution in [0.25, 0.3) is 0 Å². The summed E-state index contributed by atoms with van der Waals surface area (Å²) in [5.74, 6) is -19.3. The van der Waals surface area contributed by atoms with Crippen molar-refractivity contribution in [1.82, 2.24) is 0 Å². The molecule has 8 aliphatic rings. The number of hydrogen-bond acceptors (Lipinski definition) is 0. The van der Waals surface area contributed by atoms with Crippen molar-refractivity contribution in [2.45, 2.75) is 527 Å². The second kappa shape index (κ2) is 53.0. The van der Waals surface area contributed by atoms with E-state index in [9.17, 15) is 162 Å². The third-order valence-electron chi connectivity index (χ3n) is 26.9. The van der Waals surface area contributed by atoms with Gasteiger partial charge in [0.25, 0.3) is 11.8 Å². The second-order valence-electron chi connectivity index (χ2n) is 41.1. The Bertz CT molecular complexity index is 2760. The van der Waals surface area contributed by atoms with Crippen LogP contribution in [0.2, 0.25) is 0 Å². The van der Waals surface area contributed by atoms with Gasteiger partial charge in [-0.15, -0.1) is 0 Å². The van der Waals surface area contributed by atoms with Crippen LogP contribution in [0.15, 0.2) is 0 Å². The average molecular weight is 1970 g/mol. The van der Waals surface area contributed by atoms with E-state index < -0.39 is 161 Å². The van der Waals surface area contributed by atoms with Gasteiger partial charge in [0.05, 0.1) is 35.0 Å². The van der Waals surface area contributed by atoms with E-state index in [1.54, 1.807) is 20.8 Å². The number of rotatable bonds is 7. The van der Waals surface area contributed by atoms with E-state index in [0.29, 0.717) is 69.1 Å². The predicted molar refractivity (Wildman–Crippen MR) is 442 cm³/mol. The maximum Gasteiger partial charge on any atom is 0.402 e. The van der Waals surface area contributed by atoms with E-state index >= 15 is 0 Å². The Morgan fingerprint density at radius 3 is 0.705 bits per heavy atom. The van der Waals surface area contributed by atoms with E-state index in [-0.39, 0.29) is 52.9 Å². The molecule has 0 nitrogen and oxygen atoms in total. The third-order valence-corrected chi connectivity index (χ3v) is 26.9. The molecule has 786 valence electrons. The molecule has 0 heterocycles. The molecule has 0 saturated heterocycles. The summed E-state index contributed by atoms with van der Waals surface area (Å²) >= 11 is 0. The van der Waals surface area contributed by atoms with Gasteiger partial charge in [-0.25, -0.2) is 39.5 Å². The van der Waals surface area contributed by atoms with E-state index in [0.717, 1.165) is 82.5 Å². The van der Waals surface area contributed by atoms with Gasteiger partial charge in [0, 0.05) is 12.8 Å². The molecule has 0 amide bonds. The fraction of sp³-hybridized carbons (Fsp3) is 1.00. The third kappa shape index (κ3) is 50.5. The highest BCUT2D eigenvalue weighted by Crippen LogP contribution is 2.58. The molecule has 8 rings (SSSR count). The van der Waals surface area contributed by atoms with Gasteiger partial charge in [0.2, 0.25) is 5.92 Å². The van der Waals surface area contributed by atoms with Gasteiger partial charge in [-0.1, -0.05) is 228 Å². The van der Waals surface area contributed by atoms with Gasteiger partial charge in [-0.3, -0.25) is 0 Å². The van der Waals surface area contributed by atoms with E-state index in [1.165, 1.54) is 111 Å². The first-order valence-electron chi connectivity index (χ1n) is 45.2. The molecule has 3 unspecified atom stereocenters. The summed E-state index contributed by atoms with van der Waals surface area (Å²) in [5, 5.41) is 0. The van der Waals surface area contributed by atoms with Crippen molar-refractivity contribution >= 4 is 0 Å². The summed E-state index contributed by atoms with van der Waals surface area (Å²) in [4.78, 5) is 0. The zero-order valence-corrected chi connectivity index (χ0v) is 81.5. The van der Waals surface area contributed by atoms with Crippen molar-refractivity contribution in [3.8, 4) is 0 Å². The molecule has 0 aromatic heterocycles. The van der Waals surface area contributed by atoms with Crippen molar-refractivity contribution < 1.29 is 162 Å². The molecule has 8 saturated carbocycles. The van der Waals surface area contributed by atoms with Gasteiger partial charge in [0.1, 0.15) is 5.67 Å². The Labute approximate surface area is 747 Å². The first-order chi connectivity index (χ1) is 56.7. The van der Waals surface area contributed by atoms with Crippen LogP contribution in [-0.4, -0.2) is 96.0 Å². The lowest BCUT2D eigenvalue weighted by Gasteiger charge is -2.39. The summed E-state index contributed by atoms with van der Waals surface area (Å²) in [6, 6.07) is 0. The number of halogens is 37. The molecule has 8 aliphatic carbocycles. The predicted octanol–water partition coefficient (Wildman–Crippen LogP) is 41.2. The van der Waals surface area contributed by atoms with Crippen LogP contribution in [0.3, 0.4) is 0 Å². The van der Waals surface area contributed by atoms with Crippen molar-refractivity contribution in [2.24, 2.45) is 60.6 Å². The van der Waals surface area contributed by atoms with E-state index in [1.807, 2.05) is 6.92 Å². The highest BCUT2D eigenvalue weighted by Gasteiger charge is 2.71. The first kappa shape index (κ1) is 137. The van der Waals surface area contributed by atoms with Crippen molar-refractivity contribution in [2.75, 3.05) is 0 Å². The van der Waals surface area contributed by atoms with E-state index in [4.69, 9.17) is 0 Å². The summed E-state index contributed by atoms with van der Waals surface area (Å²) in [5.41, 5.74) is -15.6. The minimum Gasteiger partial charge on any atom is -0.244 e. The van der Waals surface area contributed by atoms with Gasteiger partial charge < -0.3 is 0 Å². The lowest BCUT2D eigenvalue weighted by molar-refractivity contribution is -0.335. The maximum absolute atomic E-state index is 12.9. The zero-order valence-electron chi connectivity index (χ0n) is 81.5. The lowest BCUT2D eigenvalue weighted by Crippen LogP contribution is -2.57. The summed E-state index contributed by atoms with van der Waals surface area (Å²) in [6.45, 7) is 43.0. The summed E-state index contributed by atoms with van der Waals surface area (Å²) in [6.07, 6.45) is -14.5. The largest absolute Gasteiger partial charge is 0.402 e. The first-order valence-corrected chi connectivity index (χ1v) is 45.2. The van der Waals surface area contributed by atoms with Crippen LogP contribution in [0, 0.1) is 60.6 Å². The Kier molecular flexibility index (Phi) is 56.3. The van der Waals surface area contributed by atoms with Gasteiger partial charge >= 0.3 is 61.3 Å². The topological polar surface area (TPSA) is 0 Å². The fourth-order valence-electron chi connectivity index (χ4n) is 12.6. The minimum absolute atomic E-state index is 0.0625. The Morgan fingerprint density at radius 2 is 0.581 bits per heavy atom. The van der Waals surface area contributed by atoms with Gasteiger partial charge in [-0.05, 0) is 204 Å². The molecule has 0 aromatic rings. The number of alkyl halides is 37. The fourth-order valence-corrected chi connectivity index (χ4v) is 12.6. The highest BCUT2D eigenvalue weighted by molar-refractivity contribution is 5.05. The van der Waals surface area contributed by atoms with Crippen LogP contribution in [0.5, 0.6) is 0 Å². The molecule has 37 heteroatoms. The normalized spacial score (nSPS) is 25.0. The van der Waals surface area contributed by atoms with Crippen LogP contribution >= 0.6 is 0 Å². The van der Waals surface area contributed by atoms with Crippen LogP contribution in [0.4, 0.5) is 162 Å². The van der Waals surface area contributed by atoms with Crippen LogP contribution < -0.4 is 0 Å². The standard InChI is InChI=1S/2C9H15F3.C9H18.C8H13F3.C8H16.C7H9F5.C6H8F6.C6H7F5.2C6H14.C5H6F6.C5H9F3.C4H8F2.C4H7F/c1-7-3-5-8(2,6-4-7)9(10,11)12;1-2-8(9(10,11)12)6-4-3-5-7-8;1-3-9(2)7-5-4-6-8-9;1-2-7(8(9,10)11)5-3-4-6-7;1-3-8(2)6-4-5-7-8;1-5(8)3-2-4-6(9,10)7(5,11)12;1-3-4(2,5(7,8)9)6(10,11)12;1-4(7)2-5(8,9)3-6(4,10)11;2*1-5-6(2,3)4;1-3(2,4(6,7)8)5(9,10)11;1-3-4(2)5(6,7)8;1-3-4(2,5)6;1-4(5)2-3-4/h7H,3-6H2,1-2H3;2-7H2,1H3;3-8H2,1-2H3;2-6H2,1H3;3-7H2,1-2H3;2-4H2,1H3;3H2,1-2H3;2-3H2,1H3;2*5H2,1-4H3;1-2H3;4H,3H2,1-2H3;3H2,1-2H3;2-3H2,1H3. The van der Waals surface area contributed by atoms with Crippen LogP contribution in [0.1, 0.15) is 431 Å². The van der Waals surface area contributed by atoms with Crippen LogP contribution in [-0.2, 0) is 0 Å². The molecule has 0 aliphatic heterocycles. The Morgan fingerprint density at radius 1 is 0.302 bits per heavy atom. The SMILES string of the molecule is CC(C)(C(F)(F)F)C(F)(F)F.CC1(F)CC(F)(F)CC1(F)F.CC1(F)CC1.CC1(F)CCCC(F)(F)C1(F)F.CC1CCC(C)(C(F)(F)F)CC1.CCC(C)(C(F)(F)F)C(F)(F)F.CCC(C)(C)C.CCC(C)(C)C.CCC(C)(F)F.CCC(C)C(F)(F)F.CCC1(C(F)(F)F)CCCC1.CCC1(C(F)(F)F)CCCCC1.CCC1(C)CCCC1.CCC1(C)CCCCC1. The highest BCUT2D eigenvalue weighted by atomic mass is 19.4. The van der Waals surface area contributed by atoms with Gasteiger partial charge in [0.15, 0.2) is 22.2 Å². The smallest absolute Gasteiger partial charge is 0.244 e. The summed E-state index contributed by atoms with van der Waals surface area (Å²) < 4.78 is 447. The number of hydrogen-bond donors (Lipinski definition) is 0. The molecule has 0 bridgehead atoms. The molecule has 0 spiro atoms. The second-order valence-corrected chi connectivity index (χ2v) is 41.1. The van der Waals surface area contributed by atoms with E-state index in [2.05, 4.69) is 83.1 Å². The minimum atomic E-state index is -5.24. The molecular weight excluding hydrogens is 1810 g/mol. The molecule has 0 N–H and O–H groups in total. The maximum atomic E-state index is 12.9. The Hall–Kier alpha value is -2.59. The monoisotopic (exact) mass is 1970 g/mol. The molecular formula is C92H159F37. The average Bonchev–Trinajstić information content (AvgIpc) is 1.58. The quantitative estimate of drug-likeness (QED) is 0.223. The van der Waals surface area contributed by atoms with Crippen molar-refractivity contribution in [1.29, 1.82) is 0 Å².